The summed E-state index contributed by atoms with van der Waals surface area (Å²) in [5.41, 5.74) is 1.89. The van der Waals surface area contributed by atoms with Gasteiger partial charge in [-0.15, -0.1) is 0 Å². The van der Waals surface area contributed by atoms with Crippen LogP contribution in [0.4, 0.5) is 5.69 Å². The Kier molecular flexibility index (Phi) is 5.27. The van der Waals surface area contributed by atoms with Gasteiger partial charge in [-0.05, 0) is 18.1 Å². The normalized spacial score (nSPS) is 25.8. The molecule has 7 nitrogen and oxygen atoms in total. The zero-order chi connectivity index (χ0) is 18.8. The van der Waals surface area contributed by atoms with Gasteiger partial charge in [-0.3, -0.25) is 9.59 Å². The Bertz CT molecular complexity index is 720. The predicted octanol–water partition coefficient (Wildman–Crippen LogP) is 1.30. The molecule has 0 bridgehead atoms. The molecule has 3 rings (SSSR count). The van der Waals surface area contributed by atoms with E-state index in [0.29, 0.717) is 0 Å². The number of para-hydroxylation sites is 1. The van der Waals surface area contributed by atoms with Crippen LogP contribution in [0.2, 0.25) is 0 Å². The zero-order valence-corrected chi connectivity index (χ0v) is 15.1. The van der Waals surface area contributed by atoms with Crippen LogP contribution in [-0.2, 0) is 25.5 Å². The van der Waals surface area contributed by atoms with Crippen molar-refractivity contribution >= 4 is 23.5 Å². The molecule has 2 heterocycles. The summed E-state index contributed by atoms with van der Waals surface area (Å²) in [6, 6.07) is 6.78. The molecule has 2 amide bonds. The highest BCUT2D eigenvalue weighted by molar-refractivity contribution is 6.01. The number of methoxy groups -OCH3 is 1. The van der Waals surface area contributed by atoms with Crippen LogP contribution >= 0.6 is 0 Å². The summed E-state index contributed by atoms with van der Waals surface area (Å²) >= 11 is 0. The molecule has 0 saturated carbocycles. The highest BCUT2D eigenvalue weighted by Crippen LogP contribution is 2.31. The van der Waals surface area contributed by atoms with Gasteiger partial charge in [0, 0.05) is 38.7 Å². The molecule has 2 saturated heterocycles. The molecule has 1 N–H and O–H groups in total. The summed E-state index contributed by atoms with van der Waals surface area (Å²) in [5, 5.41) is 9.41. The third-order valence-corrected chi connectivity index (χ3v) is 5.30. The van der Waals surface area contributed by atoms with E-state index in [1.165, 1.54) is 12.0 Å². The summed E-state index contributed by atoms with van der Waals surface area (Å²) in [5.74, 6) is -1.93. The number of benzene rings is 1. The van der Waals surface area contributed by atoms with E-state index in [0.717, 1.165) is 17.7 Å². The van der Waals surface area contributed by atoms with Crippen molar-refractivity contribution in [2.45, 2.75) is 38.3 Å². The second kappa shape index (κ2) is 7.45. The SMILES string of the molecule is CCc1ccccc1N1CC(C(=O)N2CC(OC)CC2C(=O)O)CC1=O. The lowest BCUT2D eigenvalue weighted by atomic mass is 10.1. The van der Waals surface area contributed by atoms with Crippen LogP contribution in [0.3, 0.4) is 0 Å². The molecule has 2 aliphatic heterocycles. The lowest BCUT2D eigenvalue weighted by Crippen LogP contribution is -2.44. The van der Waals surface area contributed by atoms with Crippen molar-refractivity contribution in [2.75, 3.05) is 25.1 Å². The summed E-state index contributed by atoms with van der Waals surface area (Å²) < 4.78 is 5.24. The number of carboxylic acids is 1. The molecule has 26 heavy (non-hydrogen) atoms. The number of amides is 2. The van der Waals surface area contributed by atoms with Crippen molar-refractivity contribution < 1.29 is 24.2 Å². The number of nitrogens with zero attached hydrogens (tertiary/aromatic N) is 2. The average Bonchev–Trinajstić information content (AvgIpc) is 3.25. The molecule has 1 aromatic rings. The largest absolute Gasteiger partial charge is 0.480 e. The van der Waals surface area contributed by atoms with Crippen LogP contribution in [0, 0.1) is 5.92 Å². The van der Waals surface area contributed by atoms with Crippen molar-refractivity contribution in [1.82, 2.24) is 4.90 Å². The van der Waals surface area contributed by atoms with Crippen LogP contribution < -0.4 is 4.90 Å². The molecule has 3 unspecified atom stereocenters. The fourth-order valence-corrected chi connectivity index (χ4v) is 3.86. The molecular weight excluding hydrogens is 336 g/mol. The van der Waals surface area contributed by atoms with Crippen molar-refractivity contribution in [3.05, 3.63) is 29.8 Å². The third kappa shape index (κ3) is 3.31. The number of carbonyl (C=O) groups is 3. The number of ether oxygens (including phenoxy) is 1. The van der Waals surface area contributed by atoms with Gasteiger partial charge in [0.1, 0.15) is 6.04 Å². The third-order valence-electron chi connectivity index (χ3n) is 5.30. The monoisotopic (exact) mass is 360 g/mol. The number of carbonyl (C=O) groups excluding carboxylic acids is 2. The summed E-state index contributed by atoms with van der Waals surface area (Å²) in [6.07, 6.45) is 0.897. The van der Waals surface area contributed by atoms with E-state index in [2.05, 4.69) is 0 Å². The summed E-state index contributed by atoms with van der Waals surface area (Å²) in [6.45, 7) is 2.56. The van der Waals surface area contributed by atoms with Gasteiger partial charge in [0.05, 0.1) is 12.0 Å². The smallest absolute Gasteiger partial charge is 0.326 e. The number of hydrogen-bond donors (Lipinski definition) is 1. The Labute approximate surface area is 152 Å². The Hall–Kier alpha value is -2.41. The van der Waals surface area contributed by atoms with E-state index in [9.17, 15) is 19.5 Å². The van der Waals surface area contributed by atoms with Gasteiger partial charge in [0.25, 0.3) is 0 Å². The first kappa shape index (κ1) is 18.4. The molecule has 0 spiro atoms. The molecule has 2 aliphatic rings. The van der Waals surface area contributed by atoms with Crippen LogP contribution in [0.15, 0.2) is 24.3 Å². The molecule has 0 radical (unpaired) electrons. The number of carboxylic acid groups (broad SMARTS) is 1. The minimum atomic E-state index is -1.03. The lowest BCUT2D eigenvalue weighted by Gasteiger charge is -2.25. The van der Waals surface area contributed by atoms with Gasteiger partial charge in [-0.1, -0.05) is 25.1 Å². The van der Waals surface area contributed by atoms with E-state index >= 15 is 0 Å². The first-order chi connectivity index (χ1) is 12.5. The second-order valence-corrected chi connectivity index (χ2v) is 6.83. The topological polar surface area (TPSA) is 87.2 Å². The highest BCUT2D eigenvalue weighted by Gasteiger charge is 2.45. The Morgan fingerprint density at radius 1 is 1.27 bits per heavy atom. The first-order valence-electron chi connectivity index (χ1n) is 8.90. The van der Waals surface area contributed by atoms with Crippen molar-refractivity contribution in [3.63, 3.8) is 0 Å². The quantitative estimate of drug-likeness (QED) is 0.855. The van der Waals surface area contributed by atoms with Gasteiger partial charge in [-0.2, -0.15) is 0 Å². The number of rotatable bonds is 5. The van der Waals surface area contributed by atoms with E-state index in [1.54, 1.807) is 4.90 Å². The Morgan fingerprint density at radius 3 is 2.65 bits per heavy atom. The maximum absolute atomic E-state index is 12.9. The van der Waals surface area contributed by atoms with Crippen LogP contribution in [0.5, 0.6) is 0 Å². The van der Waals surface area contributed by atoms with E-state index in [1.807, 2.05) is 31.2 Å². The number of aliphatic carboxylic acids is 1. The van der Waals surface area contributed by atoms with Gasteiger partial charge >= 0.3 is 5.97 Å². The molecule has 7 heteroatoms. The predicted molar refractivity (Wildman–Crippen MR) is 94.8 cm³/mol. The molecule has 140 valence electrons. The number of aryl methyl sites for hydroxylation is 1. The first-order valence-corrected chi connectivity index (χ1v) is 8.90. The summed E-state index contributed by atoms with van der Waals surface area (Å²) in [7, 11) is 1.51. The average molecular weight is 360 g/mol. The van der Waals surface area contributed by atoms with E-state index in [4.69, 9.17) is 4.74 Å². The molecule has 1 aromatic carbocycles. The van der Waals surface area contributed by atoms with E-state index < -0.39 is 17.9 Å². The fraction of sp³-hybridized carbons (Fsp3) is 0.526. The van der Waals surface area contributed by atoms with Gasteiger partial charge < -0.3 is 19.6 Å². The maximum Gasteiger partial charge on any atom is 0.326 e. The minimum Gasteiger partial charge on any atom is -0.480 e. The minimum absolute atomic E-state index is 0.0985. The molecule has 2 fully saturated rings. The lowest BCUT2D eigenvalue weighted by molar-refractivity contribution is -0.149. The van der Waals surface area contributed by atoms with Crippen LogP contribution in [-0.4, -0.2) is 60.1 Å². The van der Waals surface area contributed by atoms with Crippen LogP contribution in [0.25, 0.3) is 0 Å². The van der Waals surface area contributed by atoms with Crippen molar-refractivity contribution in [2.24, 2.45) is 5.92 Å². The molecule has 3 atom stereocenters. The zero-order valence-electron chi connectivity index (χ0n) is 15.1. The Balaban J connectivity index is 1.77. The Morgan fingerprint density at radius 2 is 2.00 bits per heavy atom. The fourth-order valence-electron chi connectivity index (χ4n) is 3.86. The van der Waals surface area contributed by atoms with Gasteiger partial charge in [0.2, 0.25) is 11.8 Å². The molecule has 0 aliphatic carbocycles. The second-order valence-electron chi connectivity index (χ2n) is 6.83. The maximum atomic E-state index is 12.9. The van der Waals surface area contributed by atoms with Gasteiger partial charge in [-0.25, -0.2) is 4.79 Å². The molecular formula is C19H24N2O5. The van der Waals surface area contributed by atoms with Crippen molar-refractivity contribution in [1.29, 1.82) is 0 Å². The summed E-state index contributed by atoms with van der Waals surface area (Å²) in [4.78, 5) is 40.0. The van der Waals surface area contributed by atoms with E-state index in [-0.39, 0.29) is 43.8 Å². The van der Waals surface area contributed by atoms with Crippen molar-refractivity contribution in [3.8, 4) is 0 Å². The standard InChI is InChI=1S/C19H24N2O5/c1-3-12-6-4-5-7-15(12)20-10-13(8-17(20)22)18(23)21-11-14(26-2)9-16(21)19(24)25/h4-7,13-14,16H,3,8-11H2,1-2H3,(H,24,25). The highest BCUT2D eigenvalue weighted by atomic mass is 16.5. The number of likely N-dealkylation sites (tertiary alicyclic amines) is 1. The molecule has 0 aromatic heterocycles. The van der Waals surface area contributed by atoms with Crippen LogP contribution in [0.1, 0.15) is 25.3 Å². The number of anilines is 1. The number of hydrogen-bond acceptors (Lipinski definition) is 4. The van der Waals surface area contributed by atoms with Gasteiger partial charge in [0.15, 0.2) is 0 Å².